The quantitative estimate of drug-likeness (QED) is 0.895. The monoisotopic (exact) mass is 328 g/mol. The van der Waals surface area contributed by atoms with Crippen LogP contribution < -0.4 is 5.32 Å². The van der Waals surface area contributed by atoms with Crippen LogP contribution in [-0.2, 0) is 4.79 Å². The second-order valence-electron chi connectivity index (χ2n) is 6.40. The minimum atomic E-state index is -0.848. The Balaban J connectivity index is 1.75. The molecule has 126 valence electrons. The number of carboxylic acids is 1. The Morgan fingerprint density at radius 3 is 2.67 bits per heavy atom. The smallest absolute Gasteiger partial charge is 0.308 e. The van der Waals surface area contributed by atoms with Crippen molar-refractivity contribution in [1.29, 1.82) is 0 Å². The molecule has 1 heterocycles. The molecule has 7 heteroatoms. The van der Waals surface area contributed by atoms with Crippen LogP contribution in [0.5, 0.6) is 0 Å². The molecular formula is C17H20N4O3. The van der Waals surface area contributed by atoms with Crippen molar-refractivity contribution in [2.45, 2.75) is 38.1 Å². The van der Waals surface area contributed by atoms with Crippen LogP contribution in [0.1, 0.15) is 43.0 Å². The number of carboxylic acid groups (broad SMARTS) is 1. The Labute approximate surface area is 139 Å². The summed E-state index contributed by atoms with van der Waals surface area (Å²) in [5, 5.41) is 20.0. The fraction of sp³-hybridized carbons (Fsp3) is 0.412. The van der Waals surface area contributed by atoms with Gasteiger partial charge in [-0.15, -0.1) is 5.10 Å². The lowest BCUT2D eigenvalue weighted by molar-refractivity contribution is -0.145. The summed E-state index contributed by atoms with van der Waals surface area (Å²) in [6, 6.07) is 6.96. The number of aliphatic carboxylic acids is 1. The third-order valence-corrected chi connectivity index (χ3v) is 4.72. The molecule has 0 spiro atoms. The molecule has 2 N–H and O–H groups in total. The van der Waals surface area contributed by atoms with E-state index in [2.05, 4.69) is 15.6 Å². The first-order valence-corrected chi connectivity index (χ1v) is 8.02. The first-order valence-electron chi connectivity index (χ1n) is 8.02. The summed E-state index contributed by atoms with van der Waals surface area (Å²) in [6.45, 7) is 1.83. The van der Waals surface area contributed by atoms with Gasteiger partial charge < -0.3 is 10.4 Å². The highest BCUT2D eigenvalue weighted by molar-refractivity contribution is 5.95. The van der Waals surface area contributed by atoms with E-state index in [1.54, 1.807) is 41.3 Å². The first-order chi connectivity index (χ1) is 11.5. The summed E-state index contributed by atoms with van der Waals surface area (Å²) < 4.78 is 1.60. The predicted molar refractivity (Wildman–Crippen MR) is 86.8 cm³/mol. The maximum Gasteiger partial charge on any atom is 0.308 e. The molecule has 1 aromatic heterocycles. The minimum Gasteiger partial charge on any atom is -0.481 e. The fourth-order valence-electron chi connectivity index (χ4n) is 3.32. The van der Waals surface area contributed by atoms with Gasteiger partial charge in [-0.1, -0.05) is 18.1 Å². The standard InChI is InChI=1S/C17H20N4O3/c1-17(9-3-2-4-14(17)16(23)24)19-15(22)12-5-7-13(8-6-12)21-11-10-18-20-21/h5-8,10-11,14H,2-4,9H2,1H3,(H,19,22)(H,23,24). The SMILES string of the molecule is CC1(NC(=O)c2ccc(-n3ccnn3)cc2)CCCCC1C(=O)O. The van der Waals surface area contributed by atoms with Crippen molar-refractivity contribution in [3.05, 3.63) is 42.2 Å². The van der Waals surface area contributed by atoms with Gasteiger partial charge in [-0.25, -0.2) is 4.68 Å². The summed E-state index contributed by atoms with van der Waals surface area (Å²) in [7, 11) is 0. The van der Waals surface area contributed by atoms with E-state index >= 15 is 0 Å². The van der Waals surface area contributed by atoms with Crippen LogP contribution >= 0.6 is 0 Å². The third-order valence-electron chi connectivity index (χ3n) is 4.72. The van der Waals surface area contributed by atoms with E-state index in [-0.39, 0.29) is 5.91 Å². The summed E-state index contributed by atoms with van der Waals surface area (Å²) in [5.74, 6) is -1.65. The number of nitrogens with zero attached hydrogens (tertiary/aromatic N) is 3. The number of aromatic nitrogens is 3. The lowest BCUT2D eigenvalue weighted by Crippen LogP contribution is -2.55. The van der Waals surface area contributed by atoms with Gasteiger partial charge in [0.25, 0.3) is 5.91 Å². The zero-order valence-corrected chi connectivity index (χ0v) is 13.5. The van der Waals surface area contributed by atoms with E-state index in [4.69, 9.17) is 0 Å². The third kappa shape index (κ3) is 3.15. The van der Waals surface area contributed by atoms with Crippen LogP contribution in [0.15, 0.2) is 36.7 Å². The number of benzene rings is 1. The van der Waals surface area contributed by atoms with Crippen LogP contribution in [0, 0.1) is 5.92 Å². The van der Waals surface area contributed by atoms with Gasteiger partial charge in [-0.2, -0.15) is 0 Å². The van der Waals surface area contributed by atoms with Gasteiger partial charge in [0, 0.05) is 5.56 Å². The van der Waals surface area contributed by atoms with Gasteiger partial charge >= 0.3 is 5.97 Å². The lowest BCUT2D eigenvalue weighted by atomic mass is 9.73. The average molecular weight is 328 g/mol. The van der Waals surface area contributed by atoms with E-state index < -0.39 is 17.4 Å². The Kier molecular flexibility index (Phi) is 4.33. The zero-order chi connectivity index (χ0) is 17.2. The number of carbonyl (C=O) groups excluding carboxylic acids is 1. The second-order valence-corrected chi connectivity index (χ2v) is 6.40. The number of hydrogen-bond acceptors (Lipinski definition) is 4. The molecule has 24 heavy (non-hydrogen) atoms. The molecule has 0 aliphatic heterocycles. The van der Waals surface area contributed by atoms with Crippen molar-refractivity contribution in [3.63, 3.8) is 0 Å². The highest BCUT2D eigenvalue weighted by atomic mass is 16.4. The van der Waals surface area contributed by atoms with Crippen LogP contribution in [0.25, 0.3) is 5.69 Å². The molecule has 2 unspecified atom stereocenters. The molecule has 2 aromatic rings. The van der Waals surface area contributed by atoms with Crippen LogP contribution in [0.2, 0.25) is 0 Å². The van der Waals surface area contributed by atoms with Gasteiger partial charge in [0.1, 0.15) is 0 Å². The molecule has 1 aromatic carbocycles. The zero-order valence-electron chi connectivity index (χ0n) is 13.5. The maximum absolute atomic E-state index is 12.5. The Hall–Kier alpha value is -2.70. The summed E-state index contributed by atoms with van der Waals surface area (Å²) in [5.41, 5.74) is 0.581. The molecule has 1 fully saturated rings. The van der Waals surface area contributed by atoms with Crippen molar-refractivity contribution in [1.82, 2.24) is 20.3 Å². The molecule has 0 radical (unpaired) electrons. The molecule has 0 bridgehead atoms. The Bertz CT molecular complexity index is 727. The normalized spacial score (nSPS) is 23.6. The predicted octanol–water partition coefficient (Wildman–Crippen LogP) is 2.03. The topological polar surface area (TPSA) is 97.1 Å². The highest BCUT2D eigenvalue weighted by Gasteiger charge is 2.42. The Morgan fingerprint density at radius 2 is 2.04 bits per heavy atom. The molecule has 0 saturated heterocycles. The van der Waals surface area contributed by atoms with Crippen LogP contribution in [-0.4, -0.2) is 37.5 Å². The molecule has 3 rings (SSSR count). The molecular weight excluding hydrogens is 308 g/mol. The average Bonchev–Trinajstić information content (AvgIpc) is 3.09. The van der Waals surface area contributed by atoms with E-state index in [0.717, 1.165) is 18.5 Å². The number of carbonyl (C=O) groups is 2. The van der Waals surface area contributed by atoms with E-state index in [1.807, 2.05) is 6.92 Å². The summed E-state index contributed by atoms with van der Waals surface area (Å²) >= 11 is 0. The van der Waals surface area contributed by atoms with E-state index in [9.17, 15) is 14.7 Å². The van der Waals surface area contributed by atoms with Crippen molar-refractivity contribution in [2.24, 2.45) is 5.92 Å². The minimum absolute atomic E-state index is 0.254. The summed E-state index contributed by atoms with van der Waals surface area (Å²) in [6.07, 6.45) is 6.37. The van der Waals surface area contributed by atoms with Crippen molar-refractivity contribution in [2.75, 3.05) is 0 Å². The van der Waals surface area contributed by atoms with Gasteiger partial charge in [0.05, 0.1) is 29.5 Å². The summed E-state index contributed by atoms with van der Waals surface area (Å²) in [4.78, 5) is 24.0. The number of amides is 1. The molecule has 7 nitrogen and oxygen atoms in total. The Morgan fingerprint density at radius 1 is 1.29 bits per heavy atom. The van der Waals surface area contributed by atoms with Gasteiger partial charge in [-0.05, 0) is 44.0 Å². The fourth-order valence-corrected chi connectivity index (χ4v) is 3.32. The van der Waals surface area contributed by atoms with Crippen molar-refractivity contribution in [3.8, 4) is 5.69 Å². The molecule has 1 amide bonds. The molecule has 1 aliphatic rings. The lowest BCUT2D eigenvalue weighted by Gasteiger charge is -2.39. The van der Waals surface area contributed by atoms with Gasteiger partial charge in [0.2, 0.25) is 0 Å². The number of nitrogens with one attached hydrogen (secondary N) is 1. The van der Waals surface area contributed by atoms with Gasteiger partial charge in [-0.3, -0.25) is 9.59 Å². The number of hydrogen-bond donors (Lipinski definition) is 2. The van der Waals surface area contributed by atoms with Crippen molar-refractivity contribution >= 4 is 11.9 Å². The second kappa shape index (κ2) is 6.43. The van der Waals surface area contributed by atoms with Crippen LogP contribution in [0.3, 0.4) is 0 Å². The van der Waals surface area contributed by atoms with E-state index in [1.165, 1.54) is 0 Å². The largest absolute Gasteiger partial charge is 0.481 e. The highest BCUT2D eigenvalue weighted by Crippen LogP contribution is 2.34. The number of rotatable bonds is 4. The van der Waals surface area contributed by atoms with Gasteiger partial charge in [0.15, 0.2) is 0 Å². The van der Waals surface area contributed by atoms with E-state index in [0.29, 0.717) is 18.4 Å². The molecule has 1 aliphatic carbocycles. The molecule has 2 atom stereocenters. The van der Waals surface area contributed by atoms with Crippen molar-refractivity contribution < 1.29 is 14.7 Å². The van der Waals surface area contributed by atoms with Crippen LogP contribution in [0.4, 0.5) is 0 Å². The molecule has 1 saturated carbocycles. The first kappa shape index (κ1) is 16.2. The maximum atomic E-state index is 12.5.